The summed E-state index contributed by atoms with van der Waals surface area (Å²) in [5, 5.41) is 4.31. The first-order chi connectivity index (χ1) is 10.2. The molecule has 1 aromatic carbocycles. The van der Waals surface area contributed by atoms with Gasteiger partial charge in [0.15, 0.2) is 0 Å². The third-order valence-corrected chi connectivity index (χ3v) is 4.20. The minimum atomic E-state index is 0.519. The number of nitrogens with zero attached hydrogens (tertiary/aromatic N) is 1. The van der Waals surface area contributed by atoms with Crippen molar-refractivity contribution in [1.82, 2.24) is 10.3 Å². The van der Waals surface area contributed by atoms with Crippen LogP contribution in [0.4, 0.5) is 0 Å². The monoisotopic (exact) mass is 306 g/mol. The highest BCUT2D eigenvalue weighted by Crippen LogP contribution is 2.19. The van der Waals surface area contributed by atoms with Crippen LogP contribution in [0.25, 0.3) is 0 Å². The molecule has 1 N–H and O–H groups in total. The van der Waals surface area contributed by atoms with E-state index in [9.17, 15) is 0 Å². The van der Waals surface area contributed by atoms with Crippen molar-refractivity contribution in [1.29, 1.82) is 0 Å². The fraction of sp³-hybridized carbons (Fsp3) is 0.438. The van der Waals surface area contributed by atoms with E-state index in [2.05, 4.69) is 36.3 Å². The van der Waals surface area contributed by atoms with E-state index in [1.165, 1.54) is 16.0 Å². The molecule has 0 aliphatic heterocycles. The van der Waals surface area contributed by atoms with Gasteiger partial charge in [0.2, 0.25) is 0 Å². The normalized spacial score (nSPS) is 10.8. The Hall–Kier alpha value is -1.43. The van der Waals surface area contributed by atoms with Crippen molar-refractivity contribution >= 4 is 11.3 Å². The summed E-state index contributed by atoms with van der Waals surface area (Å²) in [5.41, 5.74) is 2.52. The highest BCUT2D eigenvalue weighted by atomic mass is 32.1. The average Bonchev–Trinajstić information content (AvgIpc) is 2.93. The molecule has 4 nitrogen and oxygen atoms in total. The number of hydrogen-bond acceptors (Lipinski definition) is 5. The van der Waals surface area contributed by atoms with Crippen LogP contribution in [0.5, 0.6) is 5.75 Å². The van der Waals surface area contributed by atoms with Gasteiger partial charge in [-0.2, -0.15) is 0 Å². The van der Waals surface area contributed by atoms with Gasteiger partial charge in [-0.15, -0.1) is 11.3 Å². The topological polar surface area (TPSA) is 43.4 Å². The molecule has 5 heteroatoms. The first-order valence-corrected chi connectivity index (χ1v) is 7.84. The summed E-state index contributed by atoms with van der Waals surface area (Å²) in [6, 6.07) is 6.15. The van der Waals surface area contributed by atoms with Crippen LogP contribution < -0.4 is 10.1 Å². The van der Waals surface area contributed by atoms with Crippen molar-refractivity contribution < 1.29 is 9.47 Å². The zero-order valence-electron chi connectivity index (χ0n) is 12.8. The number of methoxy groups -OCH3 is 1. The molecule has 1 heterocycles. The van der Waals surface area contributed by atoms with Crippen molar-refractivity contribution in [2.45, 2.75) is 27.0 Å². The summed E-state index contributed by atoms with van der Waals surface area (Å²) in [5.74, 6) is 0.896. The van der Waals surface area contributed by atoms with Gasteiger partial charge in [0.05, 0.1) is 6.61 Å². The Morgan fingerprint density at radius 3 is 2.86 bits per heavy atom. The lowest BCUT2D eigenvalue weighted by atomic mass is 10.1. The van der Waals surface area contributed by atoms with E-state index in [0.717, 1.165) is 30.5 Å². The molecule has 21 heavy (non-hydrogen) atoms. The maximum atomic E-state index is 5.79. The molecule has 0 aliphatic carbocycles. The van der Waals surface area contributed by atoms with Crippen molar-refractivity contribution in [3.8, 4) is 5.75 Å². The molecule has 0 radical (unpaired) electrons. The second kappa shape index (κ2) is 8.12. The van der Waals surface area contributed by atoms with Gasteiger partial charge in [0.25, 0.3) is 0 Å². The summed E-state index contributed by atoms with van der Waals surface area (Å²) >= 11 is 1.68. The summed E-state index contributed by atoms with van der Waals surface area (Å²) < 4.78 is 10.8. The quantitative estimate of drug-likeness (QED) is 0.761. The minimum absolute atomic E-state index is 0.519. The van der Waals surface area contributed by atoms with E-state index in [4.69, 9.17) is 9.47 Å². The molecule has 114 valence electrons. The van der Waals surface area contributed by atoms with Crippen molar-refractivity contribution in [2.24, 2.45) is 0 Å². The molecule has 0 saturated heterocycles. The lowest BCUT2D eigenvalue weighted by Crippen LogP contribution is -2.17. The van der Waals surface area contributed by atoms with Gasteiger partial charge in [-0.25, -0.2) is 4.98 Å². The molecule has 2 rings (SSSR count). The van der Waals surface area contributed by atoms with E-state index in [0.29, 0.717) is 6.61 Å². The molecule has 0 fully saturated rings. The zero-order valence-corrected chi connectivity index (χ0v) is 13.6. The van der Waals surface area contributed by atoms with E-state index in [1.807, 2.05) is 12.3 Å². The maximum Gasteiger partial charge on any atom is 0.140 e. The predicted octanol–water partition coefficient (Wildman–Crippen LogP) is 3.07. The van der Waals surface area contributed by atoms with Gasteiger partial charge >= 0.3 is 0 Å². The van der Waals surface area contributed by atoms with Crippen molar-refractivity contribution in [2.75, 3.05) is 20.3 Å². The summed E-state index contributed by atoms with van der Waals surface area (Å²) in [4.78, 5) is 5.61. The van der Waals surface area contributed by atoms with E-state index < -0.39 is 0 Å². The molecule has 0 aliphatic rings. The van der Waals surface area contributed by atoms with E-state index in [1.54, 1.807) is 18.4 Å². The highest BCUT2D eigenvalue weighted by Gasteiger charge is 2.04. The van der Waals surface area contributed by atoms with Crippen LogP contribution in [0, 0.1) is 13.8 Å². The van der Waals surface area contributed by atoms with Crippen molar-refractivity contribution in [3.63, 3.8) is 0 Å². The number of ether oxygens (including phenoxy) is 2. The first-order valence-electron chi connectivity index (χ1n) is 7.02. The molecule has 0 spiro atoms. The van der Waals surface area contributed by atoms with E-state index >= 15 is 0 Å². The fourth-order valence-corrected chi connectivity index (χ4v) is 2.64. The van der Waals surface area contributed by atoms with Crippen LogP contribution in [0.1, 0.15) is 21.0 Å². The van der Waals surface area contributed by atoms with Crippen LogP contribution in [-0.4, -0.2) is 25.2 Å². The summed E-state index contributed by atoms with van der Waals surface area (Å²) in [7, 11) is 1.70. The first kappa shape index (κ1) is 15.9. The Kier molecular flexibility index (Phi) is 6.17. The molecular formula is C16H22N2O2S. The van der Waals surface area contributed by atoms with Crippen LogP contribution in [0.2, 0.25) is 0 Å². The smallest absolute Gasteiger partial charge is 0.140 e. The van der Waals surface area contributed by atoms with Gasteiger partial charge in [0.1, 0.15) is 17.4 Å². The molecule has 0 amide bonds. The summed E-state index contributed by atoms with van der Waals surface area (Å²) in [6.07, 6.45) is 1.91. The number of aryl methyl sites for hydroxylation is 2. The highest BCUT2D eigenvalue weighted by molar-refractivity contribution is 7.11. The van der Waals surface area contributed by atoms with Gasteiger partial charge in [-0.3, -0.25) is 0 Å². The lowest BCUT2D eigenvalue weighted by molar-refractivity contribution is 0.199. The van der Waals surface area contributed by atoms with Gasteiger partial charge in [-0.1, -0.05) is 6.07 Å². The Balaban J connectivity index is 1.80. The molecular weight excluding hydrogens is 284 g/mol. The molecule has 2 aromatic rings. The van der Waals surface area contributed by atoms with Crippen LogP contribution in [0.3, 0.4) is 0 Å². The second-order valence-corrected chi connectivity index (χ2v) is 6.12. The Labute approximate surface area is 130 Å². The SMILES string of the molecule is COCCNCc1cnc(COc2ccc(C)c(C)c2)s1. The predicted molar refractivity (Wildman–Crippen MR) is 85.9 cm³/mol. The zero-order chi connectivity index (χ0) is 15.1. The number of benzene rings is 1. The average molecular weight is 306 g/mol. The molecule has 0 bridgehead atoms. The largest absolute Gasteiger partial charge is 0.486 e. The van der Waals surface area contributed by atoms with Gasteiger partial charge in [0, 0.05) is 31.3 Å². The molecule has 1 aromatic heterocycles. The number of thiazole rings is 1. The van der Waals surface area contributed by atoms with Crippen molar-refractivity contribution in [3.05, 3.63) is 45.4 Å². The Bertz CT molecular complexity index is 569. The molecule has 0 saturated carbocycles. The number of rotatable bonds is 8. The standard InChI is InChI=1S/C16H22N2O2S/c1-12-4-5-14(8-13(12)2)20-11-16-18-10-15(21-16)9-17-6-7-19-3/h4-5,8,10,17H,6-7,9,11H2,1-3H3. The fourth-order valence-electron chi connectivity index (χ4n) is 1.83. The number of aromatic nitrogens is 1. The molecule has 0 atom stereocenters. The Morgan fingerprint density at radius 1 is 1.24 bits per heavy atom. The Morgan fingerprint density at radius 2 is 2.10 bits per heavy atom. The maximum absolute atomic E-state index is 5.79. The van der Waals surface area contributed by atoms with Crippen LogP contribution in [0.15, 0.2) is 24.4 Å². The molecule has 0 unspecified atom stereocenters. The third kappa shape index (κ3) is 5.12. The second-order valence-electron chi connectivity index (χ2n) is 4.92. The number of hydrogen-bond donors (Lipinski definition) is 1. The lowest BCUT2D eigenvalue weighted by Gasteiger charge is -2.06. The minimum Gasteiger partial charge on any atom is -0.486 e. The third-order valence-electron chi connectivity index (χ3n) is 3.22. The van der Waals surface area contributed by atoms with Crippen LogP contribution in [-0.2, 0) is 17.9 Å². The summed E-state index contributed by atoms with van der Waals surface area (Å²) in [6.45, 7) is 7.11. The number of nitrogens with one attached hydrogen (secondary N) is 1. The van der Waals surface area contributed by atoms with Crippen LogP contribution >= 0.6 is 11.3 Å². The van der Waals surface area contributed by atoms with Gasteiger partial charge < -0.3 is 14.8 Å². The van der Waals surface area contributed by atoms with Gasteiger partial charge in [-0.05, 0) is 37.1 Å². The van der Waals surface area contributed by atoms with E-state index in [-0.39, 0.29) is 0 Å².